The molecule has 2 aromatic rings. The van der Waals surface area contributed by atoms with E-state index in [0.29, 0.717) is 6.42 Å². The molecular formula is C28H40N2O. The normalized spacial score (nSPS) is 11.2. The van der Waals surface area contributed by atoms with Crippen molar-refractivity contribution in [2.45, 2.75) is 77.7 Å². The van der Waals surface area contributed by atoms with Gasteiger partial charge in [-0.1, -0.05) is 107 Å². The Morgan fingerprint density at radius 2 is 1.26 bits per heavy atom. The number of benzene rings is 2. The van der Waals surface area contributed by atoms with E-state index >= 15 is 0 Å². The topological polar surface area (TPSA) is 41.1 Å². The van der Waals surface area contributed by atoms with Crippen LogP contribution in [0.25, 0.3) is 12.2 Å². The summed E-state index contributed by atoms with van der Waals surface area (Å²) in [6.07, 6.45) is 16.3. The van der Waals surface area contributed by atoms with Gasteiger partial charge in [-0.15, -0.1) is 0 Å². The summed E-state index contributed by atoms with van der Waals surface area (Å²) < 4.78 is 0. The molecule has 0 heterocycles. The highest BCUT2D eigenvalue weighted by atomic mass is 16.1. The molecule has 0 fully saturated rings. The third kappa shape index (κ3) is 11.0. The van der Waals surface area contributed by atoms with Gasteiger partial charge in [-0.05, 0) is 42.3 Å². The van der Waals surface area contributed by atoms with Gasteiger partial charge in [-0.2, -0.15) is 0 Å². The van der Waals surface area contributed by atoms with E-state index in [9.17, 15) is 4.79 Å². The average Bonchev–Trinajstić information content (AvgIpc) is 2.79. The molecule has 31 heavy (non-hydrogen) atoms. The van der Waals surface area contributed by atoms with E-state index in [4.69, 9.17) is 0 Å². The van der Waals surface area contributed by atoms with Crippen molar-refractivity contribution in [1.29, 1.82) is 0 Å². The maximum atomic E-state index is 12.2. The number of unbranched alkanes of at least 4 members (excludes halogenated alkanes) is 8. The highest BCUT2D eigenvalue weighted by Gasteiger charge is 2.02. The second kappa shape index (κ2) is 15.4. The van der Waals surface area contributed by atoms with Gasteiger partial charge >= 0.3 is 0 Å². The largest absolute Gasteiger partial charge is 0.326 e. The van der Waals surface area contributed by atoms with Crippen LogP contribution in [0.1, 0.15) is 87.8 Å². The molecule has 0 spiro atoms. The summed E-state index contributed by atoms with van der Waals surface area (Å²) in [4.78, 5) is 12.2. The van der Waals surface area contributed by atoms with Crippen molar-refractivity contribution >= 4 is 23.7 Å². The van der Waals surface area contributed by atoms with Gasteiger partial charge in [0, 0.05) is 18.7 Å². The summed E-state index contributed by atoms with van der Waals surface area (Å²) >= 11 is 0. The van der Waals surface area contributed by atoms with Gasteiger partial charge in [0.25, 0.3) is 0 Å². The Labute approximate surface area is 189 Å². The standard InChI is InChI=1S/C28H40N2O/c1-3-4-5-6-7-8-9-10-11-12-28(31)30-27-21-19-25(20-22-27)14-13-24-15-17-26(18-16-24)23-29-2/h13-22,29H,3-12,23H2,1-2H3,(H,30,31). The van der Waals surface area contributed by atoms with Crippen molar-refractivity contribution in [2.24, 2.45) is 0 Å². The van der Waals surface area contributed by atoms with Crippen LogP contribution < -0.4 is 10.6 Å². The fourth-order valence-electron chi connectivity index (χ4n) is 3.64. The molecule has 0 saturated carbocycles. The number of carbonyl (C=O) groups excluding carboxylic acids is 1. The zero-order valence-electron chi connectivity index (χ0n) is 19.5. The number of nitrogens with one attached hydrogen (secondary N) is 2. The third-order valence-corrected chi connectivity index (χ3v) is 5.53. The van der Waals surface area contributed by atoms with Gasteiger partial charge in [-0.3, -0.25) is 4.79 Å². The van der Waals surface area contributed by atoms with Crippen LogP contribution in [0.2, 0.25) is 0 Å². The summed E-state index contributed by atoms with van der Waals surface area (Å²) in [7, 11) is 1.96. The highest BCUT2D eigenvalue weighted by molar-refractivity contribution is 5.90. The number of carbonyl (C=O) groups is 1. The van der Waals surface area contributed by atoms with Gasteiger partial charge < -0.3 is 10.6 Å². The van der Waals surface area contributed by atoms with E-state index in [-0.39, 0.29) is 5.91 Å². The lowest BCUT2D eigenvalue weighted by atomic mass is 10.1. The molecular weight excluding hydrogens is 380 g/mol. The Bertz CT molecular complexity index is 763. The zero-order chi connectivity index (χ0) is 22.2. The summed E-state index contributed by atoms with van der Waals surface area (Å²) in [5.41, 5.74) is 4.45. The first kappa shape index (κ1) is 24.9. The zero-order valence-corrected chi connectivity index (χ0v) is 19.5. The molecule has 0 aliphatic rings. The Hall–Kier alpha value is -2.39. The molecule has 0 saturated heterocycles. The van der Waals surface area contributed by atoms with E-state index < -0.39 is 0 Å². The van der Waals surface area contributed by atoms with Gasteiger partial charge in [0.15, 0.2) is 0 Å². The first-order chi connectivity index (χ1) is 15.2. The van der Waals surface area contributed by atoms with Crippen molar-refractivity contribution < 1.29 is 4.79 Å². The quantitative estimate of drug-likeness (QED) is 0.232. The molecule has 0 atom stereocenters. The summed E-state index contributed by atoms with van der Waals surface area (Å²) in [6, 6.07) is 16.6. The maximum absolute atomic E-state index is 12.2. The molecule has 168 valence electrons. The Morgan fingerprint density at radius 3 is 1.81 bits per heavy atom. The molecule has 2 rings (SSSR count). The van der Waals surface area contributed by atoms with Gasteiger partial charge in [0.2, 0.25) is 5.91 Å². The molecule has 3 heteroatoms. The number of hydrogen-bond donors (Lipinski definition) is 2. The van der Waals surface area contributed by atoms with E-state index in [0.717, 1.165) is 30.6 Å². The van der Waals surface area contributed by atoms with Crippen LogP contribution in [0.4, 0.5) is 5.69 Å². The van der Waals surface area contributed by atoms with Crippen LogP contribution in [-0.4, -0.2) is 13.0 Å². The minimum Gasteiger partial charge on any atom is -0.326 e. The van der Waals surface area contributed by atoms with E-state index in [2.05, 4.69) is 54.0 Å². The molecule has 0 aliphatic carbocycles. The van der Waals surface area contributed by atoms with Crippen LogP contribution in [-0.2, 0) is 11.3 Å². The first-order valence-electron chi connectivity index (χ1n) is 12.0. The fourth-order valence-corrected chi connectivity index (χ4v) is 3.64. The smallest absolute Gasteiger partial charge is 0.224 e. The third-order valence-electron chi connectivity index (χ3n) is 5.53. The minimum atomic E-state index is 0.118. The first-order valence-corrected chi connectivity index (χ1v) is 12.0. The Kier molecular flexibility index (Phi) is 12.4. The van der Waals surface area contributed by atoms with Gasteiger partial charge in [0.05, 0.1) is 0 Å². The van der Waals surface area contributed by atoms with E-state index in [1.54, 1.807) is 0 Å². The monoisotopic (exact) mass is 420 g/mol. The fraction of sp³-hybridized carbons (Fsp3) is 0.464. The van der Waals surface area contributed by atoms with Crippen molar-refractivity contribution in [3.63, 3.8) is 0 Å². The molecule has 0 aliphatic heterocycles. The molecule has 0 aromatic heterocycles. The van der Waals surface area contributed by atoms with Crippen molar-refractivity contribution in [3.05, 3.63) is 65.2 Å². The number of rotatable bonds is 15. The van der Waals surface area contributed by atoms with Crippen molar-refractivity contribution in [2.75, 3.05) is 12.4 Å². The summed E-state index contributed by atoms with van der Waals surface area (Å²) in [5, 5.41) is 6.18. The average molecular weight is 421 g/mol. The summed E-state index contributed by atoms with van der Waals surface area (Å²) in [6.45, 7) is 3.14. The van der Waals surface area contributed by atoms with Gasteiger partial charge in [0.1, 0.15) is 0 Å². The number of hydrogen-bond acceptors (Lipinski definition) is 2. The predicted molar refractivity (Wildman–Crippen MR) is 135 cm³/mol. The Morgan fingerprint density at radius 1 is 0.742 bits per heavy atom. The molecule has 0 bridgehead atoms. The highest BCUT2D eigenvalue weighted by Crippen LogP contribution is 2.15. The van der Waals surface area contributed by atoms with E-state index in [1.165, 1.54) is 56.1 Å². The molecule has 0 radical (unpaired) electrons. The van der Waals surface area contributed by atoms with Crippen molar-refractivity contribution in [3.8, 4) is 0 Å². The molecule has 2 aromatic carbocycles. The molecule has 1 amide bonds. The Balaban J connectivity index is 1.64. The van der Waals surface area contributed by atoms with Crippen LogP contribution in [0.5, 0.6) is 0 Å². The molecule has 2 N–H and O–H groups in total. The predicted octanol–water partition coefficient (Wildman–Crippen LogP) is 7.44. The van der Waals surface area contributed by atoms with Crippen molar-refractivity contribution in [1.82, 2.24) is 5.32 Å². The lowest BCUT2D eigenvalue weighted by Crippen LogP contribution is -2.10. The van der Waals surface area contributed by atoms with Gasteiger partial charge in [-0.25, -0.2) is 0 Å². The molecule has 0 unspecified atom stereocenters. The SMILES string of the molecule is CCCCCCCCCCCC(=O)Nc1ccc(C=Cc2ccc(CNC)cc2)cc1. The second-order valence-corrected chi connectivity index (χ2v) is 8.35. The minimum absolute atomic E-state index is 0.118. The second-order valence-electron chi connectivity index (χ2n) is 8.35. The summed E-state index contributed by atoms with van der Waals surface area (Å²) in [5.74, 6) is 0.118. The van der Waals surface area contributed by atoms with Crippen LogP contribution >= 0.6 is 0 Å². The maximum Gasteiger partial charge on any atom is 0.224 e. The van der Waals surface area contributed by atoms with E-state index in [1.807, 2.05) is 31.3 Å². The molecule has 3 nitrogen and oxygen atoms in total. The number of amides is 1. The van der Waals surface area contributed by atoms with Crippen LogP contribution in [0.15, 0.2) is 48.5 Å². The lowest BCUT2D eigenvalue weighted by molar-refractivity contribution is -0.116. The lowest BCUT2D eigenvalue weighted by Gasteiger charge is -2.06. The van der Waals surface area contributed by atoms with Crippen LogP contribution in [0.3, 0.4) is 0 Å². The number of anilines is 1. The van der Waals surface area contributed by atoms with Crippen LogP contribution in [0, 0.1) is 0 Å².